The summed E-state index contributed by atoms with van der Waals surface area (Å²) in [4.78, 5) is 2.56. The van der Waals surface area contributed by atoms with E-state index in [-0.39, 0.29) is 0 Å². The molecule has 1 aromatic rings. The highest BCUT2D eigenvalue weighted by Crippen LogP contribution is 2.40. The van der Waals surface area contributed by atoms with E-state index in [9.17, 15) is 0 Å². The summed E-state index contributed by atoms with van der Waals surface area (Å²) in [6.45, 7) is 2.51. The van der Waals surface area contributed by atoms with Crippen LogP contribution in [0.15, 0.2) is 24.3 Å². The number of rotatable bonds is 2. The van der Waals surface area contributed by atoms with Gasteiger partial charge in [-0.1, -0.05) is 25.0 Å². The quantitative estimate of drug-likeness (QED) is 0.722. The van der Waals surface area contributed by atoms with Crippen molar-refractivity contribution in [3.8, 4) is 0 Å². The van der Waals surface area contributed by atoms with Crippen molar-refractivity contribution in [1.29, 1.82) is 0 Å². The highest BCUT2D eigenvalue weighted by Gasteiger charge is 2.23. The monoisotopic (exact) mass is 215 g/mol. The van der Waals surface area contributed by atoms with Crippen LogP contribution in [0, 0.1) is 0 Å². The largest absolute Gasteiger partial charge is 0.372 e. The van der Waals surface area contributed by atoms with Gasteiger partial charge < -0.3 is 4.90 Å². The van der Waals surface area contributed by atoms with Crippen molar-refractivity contribution >= 4 is 5.69 Å². The molecule has 2 aliphatic rings. The van der Waals surface area contributed by atoms with Crippen LogP contribution in [0.5, 0.6) is 0 Å². The summed E-state index contributed by atoms with van der Waals surface area (Å²) in [5.74, 6) is 0.887. The number of anilines is 1. The predicted octanol–water partition coefficient (Wildman–Crippen LogP) is 3.94. The lowest BCUT2D eigenvalue weighted by Gasteiger charge is -2.22. The van der Waals surface area contributed by atoms with Gasteiger partial charge in [0.2, 0.25) is 0 Å². The lowest BCUT2D eigenvalue weighted by molar-refractivity contribution is 0.726. The summed E-state index contributed by atoms with van der Waals surface area (Å²) < 4.78 is 0. The second-order valence-electron chi connectivity index (χ2n) is 5.27. The van der Waals surface area contributed by atoms with Crippen molar-refractivity contribution in [2.75, 3.05) is 18.0 Å². The van der Waals surface area contributed by atoms with Gasteiger partial charge in [0.05, 0.1) is 0 Å². The fraction of sp³-hybridized carbons (Fsp3) is 0.600. The topological polar surface area (TPSA) is 3.24 Å². The van der Waals surface area contributed by atoms with Crippen molar-refractivity contribution in [2.24, 2.45) is 0 Å². The van der Waals surface area contributed by atoms with Gasteiger partial charge in [0.15, 0.2) is 0 Å². The van der Waals surface area contributed by atoms with Crippen LogP contribution in [0.25, 0.3) is 0 Å². The zero-order chi connectivity index (χ0) is 10.8. The van der Waals surface area contributed by atoms with Crippen LogP contribution < -0.4 is 4.90 Å². The second kappa shape index (κ2) is 4.48. The Labute approximate surface area is 98.5 Å². The van der Waals surface area contributed by atoms with E-state index in [0.29, 0.717) is 0 Å². The number of nitrogens with zero attached hydrogens (tertiary/aromatic N) is 1. The molecule has 1 aromatic carbocycles. The molecule has 0 amide bonds. The molecule has 16 heavy (non-hydrogen) atoms. The molecule has 3 rings (SSSR count). The van der Waals surface area contributed by atoms with Crippen molar-refractivity contribution in [2.45, 2.75) is 44.4 Å². The lowest BCUT2D eigenvalue weighted by atomic mass is 10.1. The molecule has 1 heterocycles. The van der Waals surface area contributed by atoms with E-state index >= 15 is 0 Å². The summed E-state index contributed by atoms with van der Waals surface area (Å²) in [7, 11) is 0. The fourth-order valence-electron chi connectivity index (χ4n) is 2.70. The molecule has 2 fully saturated rings. The number of benzene rings is 1. The van der Waals surface area contributed by atoms with E-state index in [2.05, 4.69) is 29.2 Å². The molecule has 1 heteroatoms. The average molecular weight is 215 g/mol. The Bertz CT molecular complexity index is 329. The third-order valence-corrected chi connectivity index (χ3v) is 3.91. The summed E-state index contributed by atoms with van der Waals surface area (Å²) in [6.07, 6.45) is 8.37. The highest BCUT2D eigenvalue weighted by molar-refractivity contribution is 5.48. The van der Waals surface area contributed by atoms with Crippen molar-refractivity contribution in [3.63, 3.8) is 0 Å². The first kappa shape index (κ1) is 10.2. The SMILES string of the molecule is c1cc(N2CCCCCC2)ccc1C1CC1. The van der Waals surface area contributed by atoms with Gasteiger partial charge in [-0.15, -0.1) is 0 Å². The molecule has 1 aliphatic heterocycles. The van der Waals surface area contributed by atoms with Gasteiger partial charge in [-0.05, 0) is 49.3 Å². The van der Waals surface area contributed by atoms with Crippen molar-refractivity contribution in [1.82, 2.24) is 0 Å². The minimum atomic E-state index is 0.887. The van der Waals surface area contributed by atoms with E-state index in [4.69, 9.17) is 0 Å². The maximum atomic E-state index is 2.56. The van der Waals surface area contributed by atoms with Crippen LogP contribution in [-0.2, 0) is 0 Å². The Kier molecular flexibility index (Phi) is 2.86. The van der Waals surface area contributed by atoms with Gasteiger partial charge in [-0.2, -0.15) is 0 Å². The molecule has 0 aromatic heterocycles. The smallest absolute Gasteiger partial charge is 0.0366 e. The number of hydrogen-bond acceptors (Lipinski definition) is 1. The predicted molar refractivity (Wildman–Crippen MR) is 69.1 cm³/mol. The molecule has 1 saturated heterocycles. The Morgan fingerprint density at radius 1 is 0.812 bits per heavy atom. The van der Waals surface area contributed by atoms with Crippen molar-refractivity contribution in [3.05, 3.63) is 29.8 Å². The van der Waals surface area contributed by atoms with Gasteiger partial charge in [-0.25, -0.2) is 0 Å². The lowest BCUT2D eigenvalue weighted by Crippen LogP contribution is -2.23. The van der Waals surface area contributed by atoms with Gasteiger partial charge in [0.1, 0.15) is 0 Å². The molecule has 0 radical (unpaired) electrons. The zero-order valence-electron chi connectivity index (χ0n) is 9.99. The molecular weight excluding hydrogens is 194 g/mol. The maximum Gasteiger partial charge on any atom is 0.0366 e. The van der Waals surface area contributed by atoms with Crippen LogP contribution in [0.1, 0.15) is 50.0 Å². The van der Waals surface area contributed by atoms with Crippen LogP contribution in [-0.4, -0.2) is 13.1 Å². The normalized spacial score (nSPS) is 21.9. The molecule has 1 saturated carbocycles. The van der Waals surface area contributed by atoms with Crippen LogP contribution in [0.3, 0.4) is 0 Å². The van der Waals surface area contributed by atoms with Gasteiger partial charge in [0.25, 0.3) is 0 Å². The fourth-order valence-corrected chi connectivity index (χ4v) is 2.70. The van der Waals surface area contributed by atoms with E-state index in [1.807, 2.05) is 0 Å². The van der Waals surface area contributed by atoms with Gasteiger partial charge >= 0.3 is 0 Å². The molecule has 0 spiro atoms. The first-order valence-corrected chi connectivity index (χ1v) is 6.78. The summed E-state index contributed by atoms with van der Waals surface area (Å²) in [6, 6.07) is 9.35. The Hall–Kier alpha value is -0.980. The minimum absolute atomic E-state index is 0.887. The summed E-state index contributed by atoms with van der Waals surface area (Å²) >= 11 is 0. The molecule has 1 aliphatic carbocycles. The van der Waals surface area contributed by atoms with E-state index in [1.165, 1.54) is 57.3 Å². The molecule has 0 N–H and O–H groups in total. The maximum absolute atomic E-state index is 2.56. The second-order valence-corrected chi connectivity index (χ2v) is 5.27. The molecule has 0 atom stereocenters. The van der Waals surface area contributed by atoms with Gasteiger partial charge in [-0.3, -0.25) is 0 Å². The van der Waals surface area contributed by atoms with Crippen LogP contribution >= 0.6 is 0 Å². The Balaban J connectivity index is 1.71. The molecule has 0 unspecified atom stereocenters. The third kappa shape index (κ3) is 2.23. The van der Waals surface area contributed by atoms with Crippen LogP contribution in [0.4, 0.5) is 5.69 Å². The van der Waals surface area contributed by atoms with E-state index < -0.39 is 0 Å². The first-order chi connectivity index (χ1) is 7.93. The minimum Gasteiger partial charge on any atom is -0.372 e. The van der Waals surface area contributed by atoms with Gasteiger partial charge in [0, 0.05) is 18.8 Å². The zero-order valence-corrected chi connectivity index (χ0v) is 9.99. The summed E-state index contributed by atoms with van der Waals surface area (Å²) in [5.41, 5.74) is 2.99. The van der Waals surface area contributed by atoms with Crippen molar-refractivity contribution < 1.29 is 0 Å². The molecular formula is C15H21N. The number of hydrogen-bond donors (Lipinski definition) is 0. The highest BCUT2D eigenvalue weighted by atomic mass is 15.1. The Morgan fingerprint density at radius 2 is 1.44 bits per heavy atom. The third-order valence-electron chi connectivity index (χ3n) is 3.91. The summed E-state index contributed by atoms with van der Waals surface area (Å²) in [5, 5.41) is 0. The molecule has 0 bridgehead atoms. The van der Waals surface area contributed by atoms with E-state index in [0.717, 1.165) is 5.92 Å². The average Bonchev–Trinajstić information content (AvgIpc) is 3.17. The standard InChI is InChI=1S/C15H21N/c1-2-4-12-16(11-3-1)15-9-7-14(8-10-15)13-5-6-13/h7-10,13H,1-6,11-12H2. The molecule has 1 nitrogen and oxygen atoms in total. The molecule has 86 valence electrons. The Morgan fingerprint density at radius 3 is 2.00 bits per heavy atom. The van der Waals surface area contributed by atoms with Crippen LogP contribution in [0.2, 0.25) is 0 Å². The first-order valence-electron chi connectivity index (χ1n) is 6.78. The van der Waals surface area contributed by atoms with E-state index in [1.54, 1.807) is 5.56 Å².